The monoisotopic (exact) mass is 347 g/mol. The normalized spacial score (nSPS) is 10.8. The summed E-state index contributed by atoms with van der Waals surface area (Å²) in [6.07, 6.45) is 2.95. The van der Waals surface area contributed by atoms with Crippen LogP contribution >= 0.6 is 0 Å². The Kier molecular flexibility index (Phi) is 5.24. The Morgan fingerprint density at radius 3 is 2.54 bits per heavy atom. The molecule has 1 heterocycles. The second kappa shape index (κ2) is 7.94. The quantitative estimate of drug-likeness (QED) is 0.549. The second-order valence-corrected chi connectivity index (χ2v) is 5.60. The fraction of sp³-hybridized carbons (Fsp3) is 0.0500. The van der Waals surface area contributed by atoms with Crippen molar-refractivity contribution in [1.82, 2.24) is 9.99 Å². The lowest BCUT2D eigenvalue weighted by Gasteiger charge is -2.07. The molecule has 3 rings (SSSR count). The minimum Gasteiger partial charge on any atom is -0.507 e. The van der Waals surface area contributed by atoms with E-state index >= 15 is 0 Å². The van der Waals surface area contributed by atoms with Crippen LogP contribution in [0.25, 0.3) is 0 Å². The number of pyridine rings is 1. The predicted octanol–water partition coefficient (Wildman–Crippen LogP) is 2.37. The van der Waals surface area contributed by atoms with E-state index in [2.05, 4.69) is 10.5 Å². The predicted molar refractivity (Wildman–Crippen MR) is 99.4 cm³/mol. The van der Waals surface area contributed by atoms with Gasteiger partial charge >= 0.3 is 0 Å². The Morgan fingerprint density at radius 1 is 1.04 bits per heavy atom. The summed E-state index contributed by atoms with van der Waals surface area (Å²) in [5, 5.41) is 13.5. The first kappa shape index (κ1) is 17.2. The number of hydrogen-bond donors (Lipinski definition) is 2. The fourth-order valence-electron chi connectivity index (χ4n) is 2.43. The molecule has 0 saturated carbocycles. The average Bonchev–Trinajstić information content (AvgIpc) is 2.66. The molecule has 1 aromatic heterocycles. The van der Waals surface area contributed by atoms with E-state index < -0.39 is 11.5 Å². The van der Waals surface area contributed by atoms with Crippen molar-refractivity contribution < 1.29 is 9.90 Å². The van der Waals surface area contributed by atoms with Crippen LogP contribution in [0.4, 0.5) is 0 Å². The van der Waals surface area contributed by atoms with E-state index in [4.69, 9.17) is 0 Å². The number of carbonyl (C=O) groups is 1. The zero-order valence-electron chi connectivity index (χ0n) is 13.9. The first-order chi connectivity index (χ1) is 12.6. The molecule has 130 valence electrons. The van der Waals surface area contributed by atoms with E-state index in [1.165, 1.54) is 22.9 Å². The molecule has 0 bridgehead atoms. The molecule has 0 radical (unpaired) electrons. The lowest BCUT2D eigenvalue weighted by Crippen LogP contribution is -2.30. The van der Waals surface area contributed by atoms with E-state index in [-0.39, 0.29) is 11.3 Å². The number of phenolic OH excluding ortho intramolecular Hbond substituents is 1. The Balaban J connectivity index is 1.75. The zero-order valence-corrected chi connectivity index (χ0v) is 13.9. The van der Waals surface area contributed by atoms with Gasteiger partial charge in [0.25, 0.3) is 11.5 Å². The van der Waals surface area contributed by atoms with Crippen molar-refractivity contribution in [3.8, 4) is 5.75 Å². The number of aromatic nitrogens is 1. The van der Waals surface area contributed by atoms with Crippen LogP contribution in [-0.4, -0.2) is 21.8 Å². The number of phenols is 1. The summed E-state index contributed by atoms with van der Waals surface area (Å²) in [5.74, 6) is -0.556. The number of nitrogens with one attached hydrogen (secondary N) is 1. The lowest BCUT2D eigenvalue weighted by atomic mass is 10.2. The van der Waals surface area contributed by atoms with Gasteiger partial charge in [0.2, 0.25) is 0 Å². The van der Waals surface area contributed by atoms with Crippen molar-refractivity contribution in [3.05, 3.63) is 100.0 Å². The number of aromatic hydroxyl groups is 1. The van der Waals surface area contributed by atoms with Crippen molar-refractivity contribution in [1.29, 1.82) is 0 Å². The number of carbonyl (C=O) groups excluding carboxylic acids is 1. The molecule has 0 spiro atoms. The molecule has 0 aliphatic rings. The van der Waals surface area contributed by atoms with Crippen molar-refractivity contribution in [2.75, 3.05) is 0 Å². The Morgan fingerprint density at radius 2 is 1.77 bits per heavy atom. The standard InChI is InChI=1S/C20H17N3O3/c24-18-11-5-4-9-16(18)13-21-22-19(25)17-10-6-12-23(20(17)26)14-15-7-2-1-3-8-15/h1-13,24H,14H2,(H,22,25)/b21-13-. The van der Waals surface area contributed by atoms with E-state index in [1.807, 2.05) is 30.3 Å². The van der Waals surface area contributed by atoms with Crippen LogP contribution in [0.3, 0.4) is 0 Å². The molecule has 6 heteroatoms. The molecule has 3 aromatic rings. The van der Waals surface area contributed by atoms with Crippen LogP contribution in [0.1, 0.15) is 21.5 Å². The number of amides is 1. The molecule has 2 N–H and O–H groups in total. The number of hydrogen-bond acceptors (Lipinski definition) is 4. The molecule has 0 aliphatic carbocycles. The Hall–Kier alpha value is -3.67. The molecule has 0 saturated heterocycles. The van der Waals surface area contributed by atoms with Gasteiger partial charge in [-0.25, -0.2) is 5.43 Å². The second-order valence-electron chi connectivity index (χ2n) is 5.60. The van der Waals surface area contributed by atoms with Gasteiger partial charge in [0.15, 0.2) is 0 Å². The smallest absolute Gasteiger partial charge is 0.276 e. The lowest BCUT2D eigenvalue weighted by molar-refractivity contribution is 0.0953. The van der Waals surface area contributed by atoms with Crippen molar-refractivity contribution in [3.63, 3.8) is 0 Å². The van der Waals surface area contributed by atoms with Crippen LogP contribution < -0.4 is 11.0 Å². The van der Waals surface area contributed by atoms with Crippen LogP contribution in [0.15, 0.2) is 82.8 Å². The van der Waals surface area contributed by atoms with Crippen LogP contribution in [0.2, 0.25) is 0 Å². The first-order valence-corrected chi connectivity index (χ1v) is 8.00. The number of para-hydroxylation sites is 1. The third kappa shape index (κ3) is 4.05. The van der Waals surface area contributed by atoms with Crippen molar-refractivity contribution >= 4 is 12.1 Å². The van der Waals surface area contributed by atoms with Gasteiger partial charge in [-0.1, -0.05) is 42.5 Å². The SMILES string of the molecule is O=C(N/N=C\c1ccccc1O)c1cccn(Cc2ccccc2)c1=O. The van der Waals surface area contributed by atoms with E-state index in [0.29, 0.717) is 12.1 Å². The van der Waals surface area contributed by atoms with E-state index in [1.54, 1.807) is 30.5 Å². The molecule has 6 nitrogen and oxygen atoms in total. The maximum atomic E-state index is 12.5. The summed E-state index contributed by atoms with van der Waals surface area (Å²) < 4.78 is 1.47. The molecule has 0 atom stereocenters. The summed E-state index contributed by atoms with van der Waals surface area (Å²) in [7, 11) is 0. The molecule has 1 amide bonds. The van der Waals surface area contributed by atoms with Gasteiger partial charge in [-0.3, -0.25) is 9.59 Å². The maximum absolute atomic E-state index is 12.5. The zero-order chi connectivity index (χ0) is 18.4. The highest BCUT2D eigenvalue weighted by Crippen LogP contribution is 2.12. The van der Waals surface area contributed by atoms with Gasteiger partial charge in [-0.05, 0) is 29.8 Å². The summed E-state index contributed by atoms with van der Waals surface area (Å²) in [6.45, 7) is 0.377. The largest absolute Gasteiger partial charge is 0.507 e. The minimum absolute atomic E-state index is 0.00198. The van der Waals surface area contributed by atoms with Gasteiger partial charge in [0, 0.05) is 11.8 Å². The molecule has 26 heavy (non-hydrogen) atoms. The highest BCUT2D eigenvalue weighted by molar-refractivity contribution is 5.94. The molecule has 2 aromatic carbocycles. The van der Waals surface area contributed by atoms with Crippen molar-refractivity contribution in [2.24, 2.45) is 5.10 Å². The van der Waals surface area contributed by atoms with Gasteiger partial charge in [0.1, 0.15) is 11.3 Å². The summed E-state index contributed by atoms with van der Waals surface area (Å²) in [4.78, 5) is 24.8. The van der Waals surface area contributed by atoms with E-state index in [0.717, 1.165) is 5.56 Å². The molecular weight excluding hydrogens is 330 g/mol. The van der Waals surface area contributed by atoms with Crippen molar-refractivity contribution in [2.45, 2.75) is 6.54 Å². The third-order valence-corrected chi connectivity index (χ3v) is 3.77. The van der Waals surface area contributed by atoms with Gasteiger partial charge in [-0.2, -0.15) is 5.10 Å². The molecular formula is C20H17N3O3. The van der Waals surface area contributed by atoms with Gasteiger partial charge in [-0.15, -0.1) is 0 Å². The topological polar surface area (TPSA) is 83.7 Å². The summed E-state index contributed by atoms with van der Waals surface area (Å²) >= 11 is 0. The fourth-order valence-corrected chi connectivity index (χ4v) is 2.43. The third-order valence-electron chi connectivity index (χ3n) is 3.77. The average molecular weight is 347 g/mol. The maximum Gasteiger partial charge on any atom is 0.276 e. The Bertz CT molecular complexity index is 994. The van der Waals surface area contributed by atoms with Gasteiger partial charge in [0.05, 0.1) is 12.8 Å². The molecule has 0 fully saturated rings. The van der Waals surface area contributed by atoms with Crippen LogP contribution in [0, 0.1) is 0 Å². The summed E-state index contributed by atoms with van der Waals surface area (Å²) in [6, 6.07) is 19.2. The summed E-state index contributed by atoms with van der Waals surface area (Å²) in [5.41, 5.74) is 3.34. The minimum atomic E-state index is -0.607. The van der Waals surface area contributed by atoms with Gasteiger partial charge < -0.3 is 9.67 Å². The number of hydrazone groups is 1. The van der Waals surface area contributed by atoms with E-state index in [9.17, 15) is 14.7 Å². The molecule has 0 aliphatic heterocycles. The highest BCUT2D eigenvalue weighted by Gasteiger charge is 2.11. The van der Waals surface area contributed by atoms with Crippen LogP contribution in [0.5, 0.6) is 5.75 Å². The number of nitrogens with zero attached hydrogens (tertiary/aromatic N) is 2. The highest BCUT2D eigenvalue weighted by atomic mass is 16.3. The van der Waals surface area contributed by atoms with Crippen LogP contribution in [-0.2, 0) is 6.54 Å². The number of rotatable bonds is 5. The first-order valence-electron chi connectivity index (χ1n) is 8.00. The molecule has 0 unspecified atom stereocenters. The Labute approximate surface area is 150 Å². The number of benzene rings is 2.